The molecule has 0 radical (unpaired) electrons. The van der Waals surface area contributed by atoms with Gasteiger partial charge in [-0.15, -0.1) is 6.58 Å². The van der Waals surface area contributed by atoms with Crippen molar-refractivity contribution in [3.63, 3.8) is 0 Å². The van der Waals surface area contributed by atoms with Crippen molar-refractivity contribution >= 4 is 30.5 Å². The molecule has 1 heterocycles. The third-order valence-electron chi connectivity index (χ3n) is 5.96. The maximum atomic E-state index is 7.12. The second-order valence-corrected chi connectivity index (χ2v) is 14.5. The molecule has 3 nitrogen and oxygen atoms in total. The summed E-state index contributed by atoms with van der Waals surface area (Å²) in [7, 11) is -2.54. The maximum Gasteiger partial charge on any atom is 0.261 e. The van der Waals surface area contributed by atoms with Gasteiger partial charge in [-0.25, -0.2) is 9.97 Å². The number of benzene rings is 2. The van der Waals surface area contributed by atoms with Crippen LogP contribution in [0, 0.1) is 11.8 Å². The number of nitrogens with zero attached hydrogens (tertiary/aromatic N) is 2. The lowest BCUT2D eigenvalue weighted by Crippen LogP contribution is -2.67. The van der Waals surface area contributed by atoms with E-state index < -0.39 is 8.32 Å². The first-order valence-corrected chi connectivity index (χ1v) is 14.0. The van der Waals surface area contributed by atoms with Gasteiger partial charge in [0.05, 0.1) is 0 Å². The molecule has 2 aromatic carbocycles. The third kappa shape index (κ3) is 5.58. The molecule has 168 valence electrons. The van der Waals surface area contributed by atoms with Crippen LogP contribution in [0.15, 0.2) is 96.9 Å². The van der Waals surface area contributed by atoms with Gasteiger partial charge in [-0.3, -0.25) is 0 Å². The first kappa shape index (κ1) is 24.4. The summed E-state index contributed by atoms with van der Waals surface area (Å²) >= 11 is 1.69. The topological polar surface area (TPSA) is 35.0 Å². The van der Waals surface area contributed by atoms with Gasteiger partial charge in [0.2, 0.25) is 0 Å². The van der Waals surface area contributed by atoms with E-state index in [0.29, 0.717) is 12.5 Å². The Morgan fingerprint density at radius 1 is 0.938 bits per heavy atom. The molecule has 0 aliphatic carbocycles. The van der Waals surface area contributed by atoms with E-state index in [1.54, 1.807) is 24.2 Å². The predicted octanol–water partition coefficient (Wildman–Crippen LogP) is 5.58. The third-order valence-corrected chi connectivity index (χ3v) is 12.1. The molecule has 2 unspecified atom stereocenters. The van der Waals surface area contributed by atoms with Gasteiger partial charge in [0.1, 0.15) is 0 Å². The van der Waals surface area contributed by atoms with Gasteiger partial charge in [0, 0.05) is 30.7 Å². The summed E-state index contributed by atoms with van der Waals surface area (Å²) in [5, 5.41) is 3.40. The molecule has 5 heteroatoms. The molecule has 0 saturated heterocycles. The van der Waals surface area contributed by atoms with Gasteiger partial charge in [-0.05, 0) is 27.4 Å². The van der Waals surface area contributed by atoms with E-state index in [2.05, 4.69) is 111 Å². The highest BCUT2D eigenvalue weighted by Crippen LogP contribution is 2.37. The van der Waals surface area contributed by atoms with E-state index in [1.807, 2.05) is 6.07 Å². The Morgan fingerprint density at radius 3 is 1.94 bits per heavy atom. The summed E-state index contributed by atoms with van der Waals surface area (Å²) in [5.74, 6) is 1.55. The van der Waals surface area contributed by atoms with Crippen LogP contribution in [0.2, 0.25) is 5.04 Å². The minimum Gasteiger partial charge on any atom is -0.407 e. The summed E-state index contributed by atoms with van der Waals surface area (Å²) in [4.78, 5) is 8.67. The molecule has 0 bridgehead atoms. The zero-order valence-corrected chi connectivity index (χ0v) is 21.4. The van der Waals surface area contributed by atoms with Crippen molar-refractivity contribution in [3.8, 4) is 0 Å². The molecule has 3 aromatic rings. The smallest absolute Gasteiger partial charge is 0.261 e. The number of rotatable bonds is 10. The maximum absolute atomic E-state index is 7.12. The number of thioether (sulfide) groups is 1. The lowest BCUT2D eigenvalue weighted by atomic mass is 9.97. The van der Waals surface area contributed by atoms with Crippen molar-refractivity contribution in [2.45, 2.75) is 37.9 Å². The van der Waals surface area contributed by atoms with Gasteiger partial charge in [-0.2, -0.15) is 0 Å². The van der Waals surface area contributed by atoms with Crippen LogP contribution < -0.4 is 10.4 Å². The fourth-order valence-electron chi connectivity index (χ4n) is 4.14. The van der Waals surface area contributed by atoms with Crippen LogP contribution in [0.5, 0.6) is 0 Å². The Labute approximate surface area is 198 Å². The number of hydrogen-bond donors (Lipinski definition) is 0. The Hall–Kier alpha value is -2.21. The molecule has 0 amide bonds. The second kappa shape index (κ2) is 11.1. The highest BCUT2D eigenvalue weighted by Gasteiger charge is 2.50. The van der Waals surface area contributed by atoms with Crippen molar-refractivity contribution < 1.29 is 4.43 Å². The predicted molar refractivity (Wildman–Crippen MR) is 139 cm³/mol. The second-order valence-electron chi connectivity index (χ2n) is 9.19. The summed E-state index contributed by atoms with van der Waals surface area (Å²) in [6.07, 6.45) is 5.63. The molecular formula is C27H34N2OSSi. The van der Waals surface area contributed by atoms with E-state index in [4.69, 9.17) is 4.43 Å². The summed E-state index contributed by atoms with van der Waals surface area (Å²) in [6, 6.07) is 23.4. The quantitative estimate of drug-likeness (QED) is 0.170. The molecule has 3 rings (SSSR count). The van der Waals surface area contributed by atoms with Crippen molar-refractivity contribution in [2.24, 2.45) is 11.8 Å². The summed E-state index contributed by atoms with van der Waals surface area (Å²) in [6.45, 7) is 14.0. The van der Waals surface area contributed by atoms with Crippen LogP contribution in [0.25, 0.3) is 0 Å². The van der Waals surface area contributed by atoms with Crippen LogP contribution in [-0.4, -0.2) is 30.6 Å². The Balaban J connectivity index is 1.86. The Morgan fingerprint density at radius 2 is 1.47 bits per heavy atom. The van der Waals surface area contributed by atoms with Crippen LogP contribution in [0.1, 0.15) is 27.7 Å². The molecule has 0 fully saturated rings. The fraction of sp³-hybridized carbons (Fsp3) is 0.333. The average molecular weight is 463 g/mol. The normalized spacial score (nSPS) is 14.0. The highest BCUT2D eigenvalue weighted by atomic mass is 32.2. The monoisotopic (exact) mass is 462 g/mol. The van der Waals surface area contributed by atoms with Crippen LogP contribution in [-0.2, 0) is 4.43 Å². The highest BCUT2D eigenvalue weighted by molar-refractivity contribution is 7.99. The molecule has 0 spiro atoms. The van der Waals surface area contributed by atoms with E-state index in [0.717, 1.165) is 10.9 Å². The van der Waals surface area contributed by atoms with Crippen LogP contribution in [0.3, 0.4) is 0 Å². The fourth-order valence-corrected chi connectivity index (χ4v) is 9.66. The van der Waals surface area contributed by atoms with Crippen molar-refractivity contribution in [1.29, 1.82) is 0 Å². The summed E-state index contributed by atoms with van der Waals surface area (Å²) in [5.41, 5.74) is 0. The minimum atomic E-state index is -2.54. The SMILES string of the molecule is C=CC(CO[Si](c1ccccc1)(c1ccccc1)C(C)(C)C)C(C)CSc1ncccn1. The van der Waals surface area contributed by atoms with Crippen molar-refractivity contribution in [3.05, 3.63) is 91.8 Å². The lowest BCUT2D eigenvalue weighted by molar-refractivity contribution is 0.231. The molecule has 32 heavy (non-hydrogen) atoms. The van der Waals surface area contributed by atoms with Gasteiger partial charge in [-0.1, -0.05) is 106 Å². The van der Waals surface area contributed by atoms with Crippen LogP contribution >= 0.6 is 11.8 Å². The number of hydrogen-bond acceptors (Lipinski definition) is 4. The Kier molecular flexibility index (Phi) is 8.46. The van der Waals surface area contributed by atoms with Crippen LogP contribution in [0.4, 0.5) is 0 Å². The van der Waals surface area contributed by atoms with Crippen molar-refractivity contribution in [2.75, 3.05) is 12.4 Å². The molecule has 0 aliphatic heterocycles. The molecule has 1 aromatic heterocycles. The van der Waals surface area contributed by atoms with Gasteiger partial charge in [0.25, 0.3) is 8.32 Å². The van der Waals surface area contributed by atoms with E-state index in [9.17, 15) is 0 Å². The Bertz CT molecular complexity index is 922. The van der Waals surface area contributed by atoms with E-state index in [-0.39, 0.29) is 11.0 Å². The lowest BCUT2D eigenvalue weighted by Gasteiger charge is -2.44. The molecule has 0 aliphatic rings. The number of aromatic nitrogens is 2. The molecule has 0 N–H and O–H groups in total. The first-order valence-electron chi connectivity index (χ1n) is 11.2. The van der Waals surface area contributed by atoms with Gasteiger partial charge in [0.15, 0.2) is 5.16 Å². The zero-order valence-electron chi connectivity index (χ0n) is 19.6. The average Bonchev–Trinajstić information content (AvgIpc) is 2.81. The largest absolute Gasteiger partial charge is 0.407 e. The van der Waals surface area contributed by atoms with Gasteiger partial charge >= 0.3 is 0 Å². The molecule has 0 saturated carbocycles. The summed E-state index contributed by atoms with van der Waals surface area (Å²) < 4.78 is 7.12. The molecular weight excluding hydrogens is 428 g/mol. The van der Waals surface area contributed by atoms with E-state index >= 15 is 0 Å². The first-order chi connectivity index (χ1) is 15.4. The van der Waals surface area contributed by atoms with Crippen molar-refractivity contribution in [1.82, 2.24) is 9.97 Å². The molecule has 2 atom stereocenters. The van der Waals surface area contributed by atoms with Gasteiger partial charge < -0.3 is 4.43 Å². The zero-order chi connectivity index (χ0) is 23.0. The standard InChI is InChI=1S/C27H34N2OSSi/c1-6-23(22(2)21-31-26-28-18-13-19-29-26)20-30-32(27(3,4)5,24-14-9-7-10-15-24)25-16-11-8-12-17-25/h6-19,22-23H,1,20-21H2,2-5H3. The minimum absolute atomic E-state index is 0.0305. The van der Waals surface area contributed by atoms with E-state index in [1.165, 1.54) is 10.4 Å².